The normalized spacial score (nSPS) is 19.9. The van der Waals surface area contributed by atoms with Crippen LogP contribution in [0.1, 0.15) is 12.8 Å². The number of aliphatic hydroxyl groups is 1. The first-order valence-electron chi connectivity index (χ1n) is 4.40. The van der Waals surface area contributed by atoms with Crippen LogP contribution in [0.4, 0.5) is 0 Å². The summed E-state index contributed by atoms with van der Waals surface area (Å²) >= 11 is 0. The van der Waals surface area contributed by atoms with E-state index in [1.54, 1.807) is 0 Å². The second kappa shape index (κ2) is 3.93. The minimum Gasteiger partial charge on any atom is -0.480 e. The molecule has 1 fully saturated rings. The van der Waals surface area contributed by atoms with E-state index in [9.17, 15) is 9.59 Å². The van der Waals surface area contributed by atoms with Crippen molar-refractivity contribution in [3.05, 3.63) is 0 Å². The molecule has 0 aromatic heterocycles. The lowest BCUT2D eigenvalue weighted by molar-refractivity contribution is -0.143. The summed E-state index contributed by atoms with van der Waals surface area (Å²) < 4.78 is 0. The first kappa shape index (κ1) is 10.9. The highest BCUT2D eigenvalue weighted by Crippen LogP contribution is 2.44. The number of carbonyl (C=O) groups is 2. The van der Waals surface area contributed by atoms with E-state index < -0.39 is 24.0 Å². The Morgan fingerprint density at radius 2 is 2.07 bits per heavy atom. The molecule has 0 aliphatic heterocycles. The first-order chi connectivity index (χ1) is 6.55. The zero-order valence-corrected chi connectivity index (χ0v) is 7.69. The molecule has 1 saturated carbocycles. The summed E-state index contributed by atoms with van der Waals surface area (Å²) in [4.78, 5) is 22.0. The van der Waals surface area contributed by atoms with Crippen molar-refractivity contribution in [2.45, 2.75) is 18.9 Å². The molecule has 80 valence electrons. The molecule has 1 atom stereocenters. The monoisotopic (exact) mass is 202 g/mol. The minimum absolute atomic E-state index is 0.219. The molecule has 6 heteroatoms. The molecule has 0 unspecified atom stereocenters. The van der Waals surface area contributed by atoms with Crippen molar-refractivity contribution in [3.8, 4) is 0 Å². The molecular formula is C8H14N2O4. The van der Waals surface area contributed by atoms with Crippen molar-refractivity contribution in [1.29, 1.82) is 0 Å². The molecule has 6 nitrogen and oxygen atoms in total. The molecule has 1 amide bonds. The Balaban J connectivity index is 2.51. The van der Waals surface area contributed by atoms with Gasteiger partial charge in [0.15, 0.2) is 0 Å². The Morgan fingerprint density at radius 1 is 1.50 bits per heavy atom. The first-order valence-corrected chi connectivity index (χ1v) is 4.40. The predicted molar refractivity (Wildman–Crippen MR) is 47.4 cm³/mol. The smallest absolute Gasteiger partial charge is 0.328 e. The van der Waals surface area contributed by atoms with E-state index in [0.717, 1.165) is 0 Å². The van der Waals surface area contributed by atoms with E-state index in [1.165, 1.54) is 0 Å². The molecule has 5 N–H and O–H groups in total. The number of carboxylic acids is 1. The number of rotatable bonds is 5. The van der Waals surface area contributed by atoms with Crippen LogP contribution in [0, 0.1) is 5.41 Å². The summed E-state index contributed by atoms with van der Waals surface area (Å²) in [6.07, 6.45) is 1.38. The largest absolute Gasteiger partial charge is 0.480 e. The molecule has 0 saturated heterocycles. The van der Waals surface area contributed by atoms with Crippen LogP contribution in [0.5, 0.6) is 0 Å². The van der Waals surface area contributed by atoms with Gasteiger partial charge in [0.1, 0.15) is 6.04 Å². The van der Waals surface area contributed by atoms with Crippen LogP contribution >= 0.6 is 0 Å². The predicted octanol–water partition coefficient (Wildman–Crippen LogP) is -1.71. The van der Waals surface area contributed by atoms with Crippen molar-refractivity contribution in [3.63, 3.8) is 0 Å². The van der Waals surface area contributed by atoms with Gasteiger partial charge in [-0.05, 0) is 12.8 Å². The Kier molecular flexibility index (Phi) is 3.07. The summed E-state index contributed by atoms with van der Waals surface area (Å²) in [7, 11) is 0. The fourth-order valence-corrected chi connectivity index (χ4v) is 1.17. The number of carboxylic acid groups (broad SMARTS) is 1. The lowest BCUT2D eigenvalue weighted by atomic mass is 10.1. The maximum Gasteiger partial charge on any atom is 0.328 e. The number of nitrogens with one attached hydrogen (secondary N) is 1. The molecule has 0 aromatic rings. The van der Waals surface area contributed by atoms with Gasteiger partial charge in [0.25, 0.3) is 0 Å². The number of hydrogen-bond donors (Lipinski definition) is 4. The molecule has 0 bridgehead atoms. The quantitative estimate of drug-likeness (QED) is 0.424. The number of hydrogen-bond acceptors (Lipinski definition) is 4. The number of aliphatic carboxylic acids is 1. The average Bonchev–Trinajstić information content (AvgIpc) is 2.93. The van der Waals surface area contributed by atoms with Crippen LogP contribution in [-0.2, 0) is 9.59 Å². The average molecular weight is 202 g/mol. The van der Waals surface area contributed by atoms with Gasteiger partial charge in [0.2, 0.25) is 5.91 Å². The molecule has 14 heavy (non-hydrogen) atoms. The Morgan fingerprint density at radius 3 is 2.36 bits per heavy atom. The molecule has 0 radical (unpaired) electrons. The zero-order chi connectivity index (χ0) is 10.8. The maximum atomic E-state index is 11.5. The molecule has 1 aliphatic carbocycles. The highest BCUT2D eigenvalue weighted by Gasteiger charge is 2.49. The van der Waals surface area contributed by atoms with Gasteiger partial charge in [-0.1, -0.05) is 0 Å². The van der Waals surface area contributed by atoms with Gasteiger partial charge in [-0.25, -0.2) is 4.79 Å². The SMILES string of the molecule is NCC1(C(=O)N[C@H](CO)C(=O)O)CC1. The molecule has 0 aromatic carbocycles. The van der Waals surface area contributed by atoms with Crippen molar-refractivity contribution in [2.75, 3.05) is 13.2 Å². The van der Waals surface area contributed by atoms with Gasteiger partial charge in [-0.3, -0.25) is 4.79 Å². The lowest BCUT2D eigenvalue weighted by Crippen LogP contribution is -2.47. The number of carbonyl (C=O) groups excluding carboxylic acids is 1. The van der Waals surface area contributed by atoms with E-state index in [-0.39, 0.29) is 12.5 Å². The third-order valence-electron chi connectivity index (χ3n) is 2.51. The van der Waals surface area contributed by atoms with Crippen molar-refractivity contribution < 1.29 is 19.8 Å². The highest BCUT2D eigenvalue weighted by atomic mass is 16.4. The second-order valence-electron chi connectivity index (χ2n) is 3.53. The summed E-state index contributed by atoms with van der Waals surface area (Å²) in [5.41, 5.74) is 4.81. The molecule has 1 rings (SSSR count). The van der Waals surface area contributed by atoms with Crippen LogP contribution in [0.2, 0.25) is 0 Å². The molecule has 1 aliphatic rings. The fourth-order valence-electron chi connectivity index (χ4n) is 1.17. The van der Waals surface area contributed by atoms with E-state index in [4.69, 9.17) is 15.9 Å². The summed E-state index contributed by atoms with van der Waals surface area (Å²) in [5, 5.41) is 19.5. The summed E-state index contributed by atoms with van der Waals surface area (Å²) in [5.74, 6) is -1.62. The standard InChI is InChI=1S/C8H14N2O4/c9-4-8(1-2-8)7(14)10-5(3-11)6(12)13/h5,11H,1-4,9H2,(H,10,14)(H,12,13)/t5-/m1/s1. The Hall–Kier alpha value is -1.14. The molecule has 0 heterocycles. The van der Waals surface area contributed by atoms with E-state index in [2.05, 4.69) is 5.32 Å². The van der Waals surface area contributed by atoms with Crippen molar-refractivity contribution in [1.82, 2.24) is 5.32 Å². The van der Waals surface area contributed by atoms with E-state index in [0.29, 0.717) is 12.8 Å². The van der Waals surface area contributed by atoms with Gasteiger partial charge < -0.3 is 21.3 Å². The Bertz CT molecular complexity index is 250. The second-order valence-corrected chi connectivity index (χ2v) is 3.53. The lowest BCUT2D eigenvalue weighted by Gasteiger charge is -2.16. The van der Waals surface area contributed by atoms with Gasteiger partial charge in [0, 0.05) is 6.54 Å². The zero-order valence-electron chi connectivity index (χ0n) is 7.69. The van der Waals surface area contributed by atoms with Crippen molar-refractivity contribution >= 4 is 11.9 Å². The highest BCUT2D eigenvalue weighted by molar-refractivity contribution is 5.89. The van der Waals surface area contributed by atoms with Gasteiger partial charge >= 0.3 is 5.97 Å². The van der Waals surface area contributed by atoms with Gasteiger partial charge in [-0.15, -0.1) is 0 Å². The number of aliphatic hydroxyl groups excluding tert-OH is 1. The number of nitrogens with two attached hydrogens (primary N) is 1. The molecular weight excluding hydrogens is 188 g/mol. The third-order valence-corrected chi connectivity index (χ3v) is 2.51. The van der Waals surface area contributed by atoms with Crippen LogP contribution in [0.15, 0.2) is 0 Å². The van der Waals surface area contributed by atoms with Crippen LogP contribution in [0.25, 0.3) is 0 Å². The van der Waals surface area contributed by atoms with Crippen LogP contribution < -0.4 is 11.1 Å². The molecule has 0 spiro atoms. The van der Waals surface area contributed by atoms with E-state index >= 15 is 0 Å². The van der Waals surface area contributed by atoms with Crippen molar-refractivity contribution in [2.24, 2.45) is 11.1 Å². The summed E-state index contributed by atoms with van der Waals surface area (Å²) in [6.45, 7) is -0.391. The maximum absolute atomic E-state index is 11.5. The Labute approximate surface area is 81.1 Å². The van der Waals surface area contributed by atoms with Crippen LogP contribution in [0.3, 0.4) is 0 Å². The van der Waals surface area contributed by atoms with Crippen LogP contribution in [-0.4, -0.2) is 41.3 Å². The van der Waals surface area contributed by atoms with E-state index in [1.807, 2.05) is 0 Å². The summed E-state index contributed by atoms with van der Waals surface area (Å²) in [6, 6.07) is -1.23. The van der Waals surface area contributed by atoms with Gasteiger partial charge in [-0.2, -0.15) is 0 Å². The third kappa shape index (κ3) is 2.02. The fraction of sp³-hybridized carbons (Fsp3) is 0.750. The topological polar surface area (TPSA) is 113 Å². The number of amides is 1. The minimum atomic E-state index is -1.24. The van der Waals surface area contributed by atoms with Gasteiger partial charge in [0.05, 0.1) is 12.0 Å².